The van der Waals surface area contributed by atoms with Crippen LogP contribution in [-0.2, 0) is 4.79 Å². The highest BCUT2D eigenvalue weighted by molar-refractivity contribution is 6.30. The molecule has 0 bridgehead atoms. The predicted molar refractivity (Wildman–Crippen MR) is 108 cm³/mol. The molecule has 142 valence electrons. The van der Waals surface area contributed by atoms with Crippen LogP contribution in [0, 0.1) is 0 Å². The van der Waals surface area contributed by atoms with Crippen molar-refractivity contribution in [3.63, 3.8) is 0 Å². The molecule has 0 aliphatic carbocycles. The molecule has 1 aliphatic heterocycles. The van der Waals surface area contributed by atoms with Gasteiger partial charge in [-0.15, -0.1) is 0 Å². The Balaban J connectivity index is 1.42. The lowest BCUT2D eigenvalue weighted by Crippen LogP contribution is -2.37. The molecular formula is C20H23ClN4O2. The van der Waals surface area contributed by atoms with Crippen LogP contribution < -0.4 is 21.1 Å². The van der Waals surface area contributed by atoms with Crippen LogP contribution in [0.1, 0.15) is 30.9 Å². The number of hydrogen-bond acceptors (Lipinski definition) is 3. The molecule has 0 saturated carbocycles. The largest absolute Gasteiger partial charge is 0.493 e. The van der Waals surface area contributed by atoms with Gasteiger partial charge in [-0.05, 0) is 36.8 Å². The summed E-state index contributed by atoms with van der Waals surface area (Å²) in [4.78, 5) is 16.3. The number of rotatable bonds is 6. The number of carbonyl (C=O) groups is 1. The van der Waals surface area contributed by atoms with E-state index in [-0.39, 0.29) is 11.9 Å². The Morgan fingerprint density at radius 2 is 2.00 bits per heavy atom. The summed E-state index contributed by atoms with van der Waals surface area (Å²) >= 11 is 5.83. The van der Waals surface area contributed by atoms with Gasteiger partial charge in [-0.25, -0.2) is 0 Å². The summed E-state index contributed by atoms with van der Waals surface area (Å²) < 4.78 is 5.64. The van der Waals surface area contributed by atoms with Crippen LogP contribution >= 0.6 is 11.6 Å². The monoisotopic (exact) mass is 386 g/mol. The summed E-state index contributed by atoms with van der Waals surface area (Å²) in [5.74, 6) is 1.21. The van der Waals surface area contributed by atoms with Crippen molar-refractivity contribution in [1.82, 2.24) is 5.32 Å². The van der Waals surface area contributed by atoms with Gasteiger partial charge >= 0.3 is 0 Å². The Kier molecular flexibility index (Phi) is 6.54. The van der Waals surface area contributed by atoms with Crippen molar-refractivity contribution in [2.24, 2.45) is 10.7 Å². The second-order valence-corrected chi connectivity index (χ2v) is 6.73. The van der Waals surface area contributed by atoms with E-state index in [1.807, 2.05) is 24.3 Å². The van der Waals surface area contributed by atoms with E-state index in [0.717, 1.165) is 23.4 Å². The van der Waals surface area contributed by atoms with Crippen LogP contribution in [-0.4, -0.2) is 25.0 Å². The first-order valence-corrected chi connectivity index (χ1v) is 9.33. The number of nitrogens with zero attached hydrogens (tertiary/aromatic N) is 1. The van der Waals surface area contributed by atoms with Crippen molar-refractivity contribution >= 4 is 29.2 Å². The molecule has 1 amide bonds. The second kappa shape index (κ2) is 9.28. The molecule has 6 nitrogen and oxygen atoms in total. The SMILES string of the molecule is NC(=NCCCC(=O)Nc1ccc(Cl)cc1)NC1CCOc2ccccc21. The zero-order chi connectivity index (χ0) is 19.1. The highest BCUT2D eigenvalue weighted by Crippen LogP contribution is 2.31. The van der Waals surface area contributed by atoms with E-state index in [1.54, 1.807) is 24.3 Å². The van der Waals surface area contributed by atoms with Gasteiger partial charge in [0.2, 0.25) is 5.91 Å². The minimum atomic E-state index is -0.0580. The number of para-hydroxylation sites is 1. The van der Waals surface area contributed by atoms with Gasteiger partial charge < -0.3 is 21.1 Å². The molecule has 1 atom stereocenters. The minimum Gasteiger partial charge on any atom is -0.493 e. The number of benzene rings is 2. The number of carbonyl (C=O) groups excluding carboxylic acids is 1. The van der Waals surface area contributed by atoms with Gasteiger partial charge in [-0.3, -0.25) is 9.79 Å². The van der Waals surface area contributed by atoms with Crippen LogP contribution in [0.5, 0.6) is 5.75 Å². The Labute approximate surface area is 163 Å². The normalized spacial score (nSPS) is 16.2. The molecule has 0 saturated heterocycles. The summed E-state index contributed by atoms with van der Waals surface area (Å²) in [6.45, 7) is 1.13. The van der Waals surface area contributed by atoms with Gasteiger partial charge in [0.1, 0.15) is 5.75 Å². The summed E-state index contributed by atoms with van der Waals surface area (Å²) in [6.07, 6.45) is 1.82. The number of nitrogens with two attached hydrogens (primary N) is 1. The smallest absolute Gasteiger partial charge is 0.224 e. The van der Waals surface area contributed by atoms with Gasteiger partial charge in [-0.1, -0.05) is 29.8 Å². The predicted octanol–water partition coefficient (Wildman–Crippen LogP) is 3.49. The maximum atomic E-state index is 11.9. The van der Waals surface area contributed by atoms with Crippen molar-refractivity contribution in [2.45, 2.75) is 25.3 Å². The molecule has 4 N–H and O–H groups in total. The molecule has 0 aromatic heterocycles. The number of ether oxygens (including phenoxy) is 1. The Morgan fingerprint density at radius 1 is 1.22 bits per heavy atom. The van der Waals surface area contributed by atoms with Gasteiger partial charge in [0.05, 0.1) is 12.6 Å². The standard InChI is InChI=1S/C20H23ClN4O2/c21-14-7-9-15(10-8-14)24-19(26)6-3-12-23-20(22)25-17-11-13-27-18-5-2-1-4-16(17)18/h1-2,4-5,7-10,17H,3,6,11-13H2,(H,24,26)(H3,22,23,25). The molecule has 1 heterocycles. The molecule has 0 radical (unpaired) electrons. The fourth-order valence-electron chi connectivity index (χ4n) is 2.91. The summed E-state index contributed by atoms with van der Waals surface area (Å²) in [7, 11) is 0. The highest BCUT2D eigenvalue weighted by atomic mass is 35.5. The molecule has 2 aromatic rings. The van der Waals surface area contributed by atoms with E-state index < -0.39 is 0 Å². The average molecular weight is 387 g/mol. The Hall–Kier alpha value is -2.73. The molecular weight excluding hydrogens is 364 g/mol. The number of fused-ring (bicyclic) bond motifs is 1. The third-order valence-electron chi connectivity index (χ3n) is 4.25. The summed E-state index contributed by atoms with van der Waals surface area (Å²) in [6, 6.07) is 15.0. The third-order valence-corrected chi connectivity index (χ3v) is 4.50. The molecule has 2 aromatic carbocycles. The average Bonchev–Trinajstić information content (AvgIpc) is 2.67. The van der Waals surface area contributed by atoms with Crippen LogP contribution in [0.3, 0.4) is 0 Å². The number of anilines is 1. The molecule has 0 fully saturated rings. The van der Waals surface area contributed by atoms with E-state index in [2.05, 4.69) is 15.6 Å². The minimum absolute atomic E-state index is 0.0580. The zero-order valence-corrected chi connectivity index (χ0v) is 15.7. The lowest BCUT2D eigenvalue weighted by molar-refractivity contribution is -0.116. The maximum absolute atomic E-state index is 11.9. The topological polar surface area (TPSA) is 88.7 Å². The third kappa shape index (κ3) is 5.62. The number of hydrogen-bond donors (Lipinski definition) is 3. The summed E-state index contributed by atoms with van der Waals surface area (Å²) in [5.41, 5.74) is 7.82. The van der Waals surface area contributed by atoms with Gasteiger partial charge in [0.25, 0.3) is 0 Å². The van der Waals surface area contributed by atoms with E-state index in [1.165, 1.54) is 0 Å². The van der Waals surface area contributed by atoms with Crippen molar-refractivity contribution in [3.8, 4) is 5.75 Å². The van der Waals surface area contributed by atoms with Gasteiger partial charge in [-0.2, -0.15) is 0 Å². The lowest BCUT2D eigenvalue weighted by atomic mass is 10.0. The second-order valence-electron chi connectivity index (χ2n) is 6.30. The van der Waals surface area contributed by atoms with Crippen molar-refractivity contribution in [2.75, 3.05) is 18.5 Å². The molecule has 3 rings (SSSR count). The van der Waals surface area contributed by atoms with Crippen molar-refractivity contribution in [1.29, 1.82) is 0 Å². The molecule has 27 heavy (non-hydrogen) atoms. The van der Waals surface area contributed by atoms with E-state index in [0.29, 0.717) is 37.0 Å². The van der Waals surface area contributed by atoms with Crippen LogP contribution in [0.2, 0.25) is 5.02 Å². The molecule has 1 aliphatic rings. The number of halogens is 1. The molecule has 0 spiro atoms. The van der Waals surface area contributed by atoms with E-state index in [4.69, 9.17) is 22.1 Å². The van der Waals surface area contributed by atoms with Crippen LogP contribution in [0.15, 0.2) is 53.5 Å². The Bertz CT molecular complexity index is 808. The molecule has 7 heteroatoms. The van der Waals surface area contributed by atoms with Crippen LogP contribution in [0.4, 0.5) is 5.69 Å². The van der Waals surface area contributed by atoms with Crippen molar-refractivity contribution < 1.29 is 9.53 Å². The first kappa shape index (κ1) is 19.0. The number of aliphatic imine (C=N–C) groups is 1. The lowest BCUT2D eigenvalue weighted by Gasteiger charge is -2.26. The first-order chi connectivity index (χ1) is 13.1. The highest BCUT2D eigenvalue weighted by Gasteiger charge is 2.21. The fourth-order valence-corrected chi connectivity index (χ4v) is 3.04. The van der Waals surface area contributed by atoms with Gasteiger partial charge in [0, 0.05) is 35.7 Å². The molecule has 1 unspecified atom stereocenters. The Morgan fingerprint density at radius 3 is 2.81 bits per heavy atom. The van der Waals surface area contributed by atoms with Crippen LogP contribution in [0.25, 0.3) is 0 Å². The number of guanidine groups is 1. The number of amides is 1. The first-order valence-electron chi connectivity index (χ1n) is 8.95. The van der Waals surface area contributed by atoms with Gasteiger partial charge in [0.15, 0.2) is 5.96 Å². The van der Waals surface area contributed by atoms with Crippen molar-refractivity contribution in [3.05, 3.63) is 59.1 Å². The maximum Gasteiger partial charge on any atom is 0.224 e. The van der Waals surface area contributed by atoms with E-state index in [9.17, 15) is 4.79 Å². The quantitative estimate of drug-likeness (QED) is 0.403. The summed E-state index contributed by atoms with van der Waals surface area (Å²) in [5, 5.41) is 6.71. The van der Waals surface area contributed by atoms with E-state index >= 15 is 0 Å². The zero-order valence-electron chi connectivity index (χ0n) is 15.0. The fraction of sp³-hybridized carbons (Fsp3) is 0.300. The number of nitrogens with one attached hydrogen (secondary N) is 2.